The van der Waals surface area contributed by atoms with E-state index >= 15 is 0 Å². The second-order valence-electron chi connectivity index (χ2n) is 6.89. The Bertz CT molecular complexity index is 587. The molecule has 3 rings (SSSR count). The Hall–Kier alpha value is -1.75. The predicted octanol–water partition coefficient (Wildman–Crippen LogP) is 3.20. The predicted molar refractivity (Wildman–Crippen MR) is 96.2 cm³/mol. The van der Waals surface area contributed by atoms with Crippen LogP contribution in [0.4, 0.5) is 0 Å². The van der Waals surface area contributed by atoms with Crippen LogP contribution in [0.1, 0.15) is 44.1 Å². The summed E-state index contributed by atoms with van der Waals surface area (Å²) in [5.41, 5.74) is 1.17. The number of morpholine rings is 1. The minimum absolute atomic E-state index is 0.261. The molecular weight excluding hydrogens is 318 g/mol. The minimum Gasteiger partial charge on any atom is -0.493 e. The highest BCUT2D eigenvalue weighted by Crippen LogP contribution is 2.30. The first-order valence-corrected chi connectivity index (χ1v) is 9.35. The first-order chi connectivity index (χ1) is 12.2. The minimum atomic E-state index is 0.261. The topological polar surface area (TPSA) is 48.0 Å². The third kappa shape index (κ3) is 4.27. The maximum Gasteiger partial charge on any atom is 0.222 e. The normalized spacial score (nSPS) is 23.0. The lowest BCUT2D eigenvalue weighted by Crippen LogP contribution is -2.54. The highest BCUT2D eigenvalue weighted by atomic mass is 16.5. The molecule has 1 aliphatic carbocycles. The average molecular weight is 347 g/mol. The summed E-state index contributed by atoms with van der Waals surface area (Å²) in [6.45, 7) is 1.43. The van der Waals surface area contributed by atoms with Gasteiger partial charge in [0.1, 0.15) is 0 Å². The van der Waals surface area contributed by atoms with Gasteiger partial charge in [-0.25, -0.2) is 0 Å². The fraction of sp³-hybridized carbons (Fsp3) is 0.650. The fourth-order valence-electron chi connectivity index (χ4n) is 4.03. The zero-order chi connectivity index (χ0) is 17.6. The van der Waals surface area contributed by atoms with Gasteiger partial charge < -0.3 is 19.1 Å². The van der Waals surface area contributed by atoms with Crippen LogP contribution < -0.4 is 9.47 Å². The lowest BCUT2D eigenvalue weighted by atomic mass is 9.90. The van der Waals surface area contributed by atoms with Gasteiger partial charge in [-0.1, -0.05) is 18.9 Å². The fourth-order valence-corrected chi connectivity index (χ4v) is 4.03. The second-order valence-corrected chi connectivity index (χ2v) is 6.89. The molecule has 138 valence electrons. The first kappa shape index (κ1) is 18.1. The van der Waals surface area contributed by atoms with Crippen LogP contribution in [0.5, 0.6) is 11.5 Å². The smallest absolute Gasteiger partial charge is 0.222 e. The molecule has 25 heavy (non-hydrogen) atoms. The molecule has 2 aliphatic rings. The first-order valence-electron chi connectivity index (χ1n) is 9.35. The highest BCUT2D eigenvalue weighted by Gasteiger charge is 2.36. The molecule has 2 fully saturated rings. The molecule has 0 bridgehead atoms. The van der Waals surface area contributed by atoms with E-state index < -0.39 is 0 Å². The van der Waals surface area contributed by atoms with Gasteiger partial charge in [0.25, 0.3) is 0 Å². The monoisotopic (exact) mass is 347 g/mol. The largest absolute Gasteiger partial charge is 0.493 e. The summed E-state index contributed by atoms with van der Waals surface area (Å²) in [4.78, 5) is 14.8. The molecule has 0 aromatic heterocycles. The molecule has 1 aliphatic heterocycles. The molecule has 5 heteroatoms. The van der Waals surface area contributed by atoms with Gasteiger partial charge in [0.15, 0.2) is 11.5 Å². The van der Waals surface area contributed by atoms with E-state index in [1.165, 1.54) is 18.4 Å². The Morgan fingerprint density at radius 3 is 2.80 bits per heavy atom. The van der Waals surface area contributed by atoms with Crippen LogP contribution in [0.25, 0.3) is 0 Å². The second kappa shape index (κ2) is 8.56. The van der Waals surface area contributed by atoms with E-state index in [2.05, 4.69) is 4.90 Å². The van der Waals surface area contributed by atoms with Gasteiger partial charge in [0, 0.05) is 13.0 Å². The Labute approximate surface area is 150 Å². The molecule has 2 unspecified atom stereocenters. The number of fused-ring (bicyclic) bond motifs is 1. The number of hydrogen-bond acceptors (Lipinski definition) is 4. The molecule has 1 heterocycles. The number of hydrogen-bond donors (Lipinski definition) is 0. The van der Waals surface area contributed by atoms with Crippen molar-refractivity contribution in [2.24, 2.45) is 0 Å². The zero-order valence-corrected chi connectivity index (χ0v) is 15.3. The Morgan fingerprint density at radius 2 is 2.00 bits per heavy atom. The third-order valence-corrected chi connectivity index (χ3v) is 5.36. The van der Waals surface area contributed by atoms with E-state index in [9.17, 15) is 4.79 Å². The van der Waals surface area contributed by atoms with E-state index in [0.29, 0.717) is 19.1 Å². The Balaban J connectivity index is 1.52. The van der Waals surface area contributed by atoms with Crippen molar-refractivity contribution in [3.63, 3.8) is 0 Å². The van der Waals surface area contributed by atoms with Crippen LogP contribution in [0.3, 0.4) is 0 Å². The van der Waals surface area contributed by atoms with Gasteiger partial charge in [-0.15, -0.1) is 0 Å². The third-order valence-electron chi connectivity index (χ3n) is 5.36. The molecule has 1 saturated heterocycles. The van der Waals surface area contributed by atoms with E-state index in [1.54, 1.807) is 14.2 Å². The number of benzene rings is 1. The van der Waals surface area contributed by atoms with Crippen LogP contribution in [-0.4, -0.2) is 50.3 Å². The van der Waals surface area contributed by atoms with Crippen molar-refractivity contribution in [1.29, 1.82) is 0 Å². The van der Waals surface area contributed by atoms with Crippen LogP contribution in [0.2, 0.25) is 0 Å². The quantitative estimate of drug-likeness (QED) is 0.793. The van der Waals surface area contributed by atoms with E-state index in [1.807, 2.05) is 18.2 Å². The summed E-state index contributed by atoms with van der Waals surface area (Å²) in [6.07, 6.45) is 7.19. The van der Waals surface area contributed by atoms with E-state index in [4.69, 9.17) is 14.2 Å². The lowest BCUT2D eigenvalue weighted by molar-refractivity contribution is -0.149. The van der Waals surface area contributed by atoms with Crippen molar-refractivity contribution in [3.05, 3.63) is 23.8 Å². The number of rotatable bonds is 6. The van der Waals surface area contributed by atoms with E-state index in [0.717, 1.165) is 43.7 Å². The van der Waals surface area contributed by atoms with Gasteiger partial charge in [0.05, 0.1) is 33.0 Å². The van der Waals surface area contributed by atoms with Gasteiger partial charge in [0.2, 0.25) is 5.91 Å². The number of amides is 1. The van der Waals surface area contributed by atoms with Crippen LogP contribution >= 0.6 is 0 Å². The molecule has 0 spiro atoms. The van der Waals surface area contributed by atoms with Crippen molar-refractivity contribution in [2.45, 2.75) is 57.1 Å². The lowest BCUT2D eigenvalue weighted by Gasteiger charge is -2.43. The van der Waals surface area contributed by atoms with Crippen LogP contribution in [-0.2, 0) is 16.0 Å². The Kier molecular flexibility index (Phi) is 6.19. The number of carbonyl (C=O) groups excluding carboxylic acids is 1. The van der Waals surface area contributed by atoms with Gasteiger partial charge in [-0.05, 0) is 43.4 Å². The molecule has 0 radical (unpaired) electrons. The molecule has 1 amide bonds. The van der Waals surface area contributed by atoms with Crippen molar-refractivity contribution in [3.8, 4) is 11.5 Å². The van der Waals surface area contributed by atoms with E-state index in [-0.39, 0.29) is 12.0 Å². The number of nitrogens with zero attached hydrogens (tertiary/aromatic N) is 1. The summed E-state index contributed by atoms with van der Waals surface area (Å²) < 4.78 is 16.5. The summed E-state index contributed by atoms with van der Waals surface area (Å²) >= 11 is 0. The molecule has 1 aromatic rings. The maximum absolute atomic E-state index is 12.7. The maximum atomic E-state index is 12.7. The summed E-state index contributed by atoms with van der Waals surface area (Å²) in [7, 11) is 3.28. The highest BCUT2D eigenvalue weighted by molar-refractivity contribution is 5.76. The number of ether oxygens (including phenoxy) is 3. The summed E-state index contributed by atoms with van der Waals surface area (Å²) in [5.74, 6) is 1.75. The summed E-state index contributed by atoms with van der Waals surface area (Å²) in [5, 5.41) is 0. The number of methoxy groups -OCH3 is 2. The summed E-state index contributed by atoms with van der Waals surface area (Å²) in [6, 6.07) is 6.26. The van der Waals surface area contributed by atoms with Crippen molar-refractivity contribution in [1.82, 2.24) is 4.90 Å². The average Bonchev–Trinajstić information content (AvgIpc) is 2.67. The molecule has 0 N–H and O–H groups in total. The van der Waals surface area contributed by atoms with Crippen molar-refractivity contribution >= 4 is 5.91 Å². The number of aryl methyl sites for hydroxylation is 1. The zero-order valence-electron chi connectivity index (χ0n) is 15.3. The van der Waals surface area contributed by atoms with Crippen molar-refractivity contribution < 1.29 is 19.0 Å². The van der Waals surface area contributed by atoms with Gasteiger partial charge in [-0.2, -0.15) is 0 Å². The standard InChI is InChI=1S/C20H29NO4/c1-23-18-11-10-15(14-19(18)24-2)6-5-9-20(22)21-12-13-25-17-8-4-3-7-16(17)21/h10-11,14,16-17H,3-9,12-13H2,1-2H3. The van der Waals surface area contributed by atoms with Crippen LogP contribution in [0, 0.1) is 0 Å². The molecular formula is C20H29NO4. The molecule has 5 nitrogen and oxygen atoms in total. The molecule has 1 saturated carbocycles. The molecule has 1 aromatic carbocycles. The van der Waals surface area contributed by atoms with Crippen LogP contribution in [0.15, 0.2) is 18.2 Å². The van der Waals surface area contributed by atoms with Gasteiger partial charge in [-0.3, -0.25) is 4.79 Å². The van der Waals surface area contributed by atoms with Crippen molar-refractivity contribution in [2.75, 3.05) is 27.4 Å². The SMILES string of the molecule is COc1ccc(CCCC(=O)N2CCOC3CCCCC32)cc1OC. The molecule has 2 atom stereocenters. The number of carbonyl (C=O) groups is 1. The Morgan fingerprint density at radius 1 is 1.20 bits per heavy atom. The van der Waals surface area contributed by atoms with Gasteiger partial charge >= 0.3 is 0 Å².